The van der Waals surface area contributed by atoms with Gasteiger partial charge in [-0.05, 0) is 73.7 Å². The number of rotatable bonds is 13. The molecule has 2 atom stereocenters. The Morgan fingerprint density at radius 1 is 0.902 bits per heavy atom. The molecule has 0 aliphatic heterocycles. The van der Waals surface area contributed by atoms with E-state index in [0.717, 1.165) is 21.9 Å². The minimum absolute atomic E-state index is 0.0719. The number of methoxy groups -OCH3 is 1. The highest BCUT2D eigenvalue weighted by molar-refractivity contribution is 7.92. The Morgan fingerprint density at radius 2 is 1.56 bits per heavy atom. The Labute approximate surface area is 244 Å². The molecule has 0 fully saturated rings. The zero-order chi connectivity index (χ0) is 30.2. The molecule has 0 heterocycles. The Bertz CT molecular complexity index is 1410. The highest BCUT2D eigenvalue weighted by Gasteiger charge is 2.32. The number of hydrogen-bond acceptors (Lipinski definition) is 5. The van der Waals surface area contributed by atoms with E-state index in [9.17, 15) is 18.0 Å². The largest absolute Gasteiger partial charge is 0.497 e. The van der Waals surface area contributed by atoms with E-state index in [1.165, 1.54) is 17.0 Å². The van der Waals surface area contributed by atoms with Gasteiger partial charge in [0.05, 0.1) is 17.7 Å². The van der Waals surface area contributed by atoms with Crippen LogP contribution in [0.3, 0.4) is 0 Å². The summed E-state index contributed by atoms with van der Waals surface area (Å²) < 4.78 is 34.3. The maximum Gasteiger partial charge on any atom is 0.264 e. The van der Waals surface area contributed by atoms with Crippen molar-refractivity contribution in [1.82, 2.24) is 10.2 Å². The topological polar surface area (TPSA) is 96.0 Å². The Hall–Kier alpha value is -3.85. The number of carbonyl (C=O) groups excluding carboxylic acids is 2. The summed E-state index contributed by atoms with van der Waals surface area (Å²) in [4.78, 5) is 28.7. The second kappa shape index (κ2) is 14.2. The predicted molar refractivity (Wildman–Crippen MR) is 162 cm³/mol. The van der Waals surface area contributed by atoms with Crippen molar-refractivity contribution < 1.29 is 22.7 Å². The summed E-state index contributed by atoms with van der Waals surface area (Å²) in [5.41, 5.74) is 2.16. The van der Waals surface area contributed by atoms with Gasteiger partial charge in [0.1, 0.15) is 18.3 Å². The van der Waals surface area contributed by atoms with E-state index in [0.29, 0.717) is 11.4 Å². The second-order valence-corrected chi connectivity index (χ2v) is 12.3. The fraction of sp³-hybridized carbons (Fsp3) is 0.375. The SMILES string of the molecule is CC[C@H](C)NC(=O)[C@H](C)N(Cc1cccc(OC)c1)C(=O)CN(c1ccc(C(C)C)cc1)S(=O)(=O)c1ccccc1. The number of nitrogens with zero attached hydrogens (tertiary/aromatic N) is 2. The van der Waals surface area contributed by atoms with Crippen LogP contribution in [0, 0.1) is 0 Å². The van der Waals surface area contributed by atoms with Crippen molar-refractivity contribution in [3.05, 3.63) is 90.0 Å². The normalized spacial score (nSPS) is 12.9. The van der Waals surface area contributed by atoms with Gasteiger partial charge in [-0.1, -0.05) is 63.2 Å². The van der Waals surface area contributed by atoms with Gasteiger partial charge in [0.15, 0.2) is 0 Å². The van der Waals surface area contributed by atoms with Crippen LogP contribution < -0.4 is 14.4 Å². The molecule has 1 N–H and O–H groups in total. The van der Waals surface area contributed by atoms with Crippen LogP contribution in [0.2, 0.25) is 0 Å². The molecular weight excluding hydrogens is 538 g/mol. The third kappa shape index (κ3) is 8.10. The van der Waals surface area contributed by atoms with Crippen LogP contribution >= 0.6 is 0 Å². The lowest BCUT2D eigenvalue weighted by Gasteiger charge is -2.32. The minimum atomic E-state index is -4.10. The molecule has 41 heavy (non-hydrogen) atoms. The average Bonchev–Trinajstić information content (AvgIpc) is 2.98. The molecule has 3 aromatic carbocycles. The minimum Gasteiger partial charge on any atom is -0.497 e. The van der Waals surface area contributed by atoms with E-state index in [4.69, 9.17) is 4.74 Å². The average molecular weight is 580 g/mol. The predicted octanol–water partition coefficient (Wildman–Crippen LogP) is 5.35. The molecule has 0 spiro atoms. The Morgan fingerprint density at radius 3 is 2.15 bits per heavy atom. The van der Waals surface area contributed by atoms with Crippen LogP contribution in [0.1, 0.15) is 58.1 Å². The van der Waals surface area contributed by atoms with Gasteiger partial charge in [0.2, 0.25) is 11.8 Å². The fourth-order valence-electron chi connectivity index (χ4n) is 4.29. The van der Waals surface area contributed by atoms with Crippen molar-refractivity contribution in [1.29, 1.82) is 0 Å². The van der Waals surface area contributed by atoms with Gasteiger partial charge in [-0.25, -0.2) is 8.42 Å². The van der Waals surface area contributed by atoms with Crippen LogP contribution in [-0.2, 0) is 26.2 Å². The van der Waals surface area contributed by atoms with Gasteiger partial charge in [-0.15, -0.1) is 0 Å². The molecule has 3 rings (SSSR count). The lowest BCUT2D eigenvalue weighted by molar-refractivity contribution is -0.139. The van der Waals surface area contributed by atoms with Crippen molar-refractivity contribution in [3.63, 3.8) is 0 Å². The lowest BCUT2D eigenvalue weighted by atomic mass is 10.0. The van der Waals surface area contributed by atoms with Crippen molar-refractivity contribution >= 4 is 27.5 Å². The highest BCUT2D eigenvalue weighted by Crippen LogP contribution is 2.27. The second-order valence-electron chi connectivity index (χ2n) is 10.4. The highest BCUT2D eigenvalue weighted by atomic mass is 32.2. The molecule has 0 aliphatic rings. The first-order chi connectivity index (χ1) is 19.5. The van der Waals surface area contributed by atoms with Crippen LogP contribution in [-0.4, -0.2) is 50.9 Å². The number of ether oxygens (including phenoxy) is 1. The number of amides is 2. The Balaban J connectivity index is 2.03. The third-order valence-corrected chi connectivity index (χ3v) is 8.90. The van der Waals surface area contributed by atoms with Gasteiger partial charge < -0.3 is 15.0 Å². The zero-order valence-electron chi connectivity index (χ0n) is 24.7. The lowest BCUT2D eigenvalue weighted by Crippen LogP contribution is -2.52. The van der Waals surface area contributed by atoms with Gasteiger partial charge in [-0.2, -0.15) is 0 Å². The van der Waals surface area contributed by atoms with Crippen molar-refractivity contribution in [2.45, 2.75) is 70.5 Å². The van der Waals surface area contributed by atoms with Crippen LogP contribution in [0.4, 0.5) is 5.69 Å². The molecule has 8 nitrogen and oxygen atoms in total. The third-order valence-electron chi connectivity index (χ3n) is 7.11. The van der Waals surface area contributed by atoms with Gasteiger partial charge in [0, 0.05) is 12.6 Å². The van der Waals surface area contributed by atoms with Crippen LogP contribution in [0.15, 0.2) is 83.8 Å². The molecule has 0 saturated heterocycles. The van der Waals surface area contributed by atoms with E-state index >= 15 is 0 Å². The first kappa shape index (κ1) is 31.7. The quantitative estimate of drug-likeness (QED) is 0.295. The van der Waals surface area contributed by atoms with Crippen molar-refractivity contribution in [2.75, 3.05) is 18.0 Å². The van der Waals surface area contributed by atoms with Gasteiger partial charge in [0.25, 0.3) is 10.0 Å². The van der Waals surface area contributed by atoms with Crippen molar-refractivity contribution in [3.8, 4) is 5.75 Å². The maximum absolute atomic E-state index is 14.0. The molecule has 220 valence electrons. The summed E-state index contributed by atoms with van der Waals surface area (Å²) in [5.74, 6) is 0.0552. The summed E-state index contributed by atoms with van der Waals surface area (Å²) in [6.07, 6.45) is 0.734. The van der Waals surface area contributed by atoms with E-state index in [-0.39, 0.29) is 29.3 Å². The molecular formula is C32H41N3O5S. The monoisotopic (exact) mass is 579 g/mol. The molecule has 0 aliphatic carbocycles. The number of benzene rings is 3. The van der Waals surface area contributed by atoms with E-state index in [1.54, 1.807) is 56.5 Å². The summed E-state index contributed by atoms with van der Waals surface area (Å²) in [6.45, 7) is 9.24. The number of carbonyl (C=O) groups is 2. The smallest absolute Gasteiger partial charge is 0.264 e. The summed E-state index contributed by atoms with van der Waals surface area (Å²) in [6, 6.07) is 21.5. The fourth-order valence-corrected chi connectivity index (χ4v) is 5.72. The molecule has 0 bridgehead atoms. The van der Waals surface area contributed by atoms with E-state index in [2.05, 4.69) is 19.2 Å². The summed E-state index contributed by atoms with van der Waals surface area (Å²) in [5, 5.41) is 2.94. The molecule has 0 saturated carbocycles. The summed E-state index contributed by atoms with van der Waals surface area (Å²) in [7, 11) is -2.55. The van der Waals surface area contributed by atoms with Gasteiger partial charge in [-0.3, -0.25) is 13.9 Å². The Kier molecular flexibility index (Phi) is 10.9. The summed E-state index contributed by atoms with van der Waals surface area (Å²) >= 11 is 0. The van der Waals surface area contributed by atoms with Crippen molar-refractivity contribution in [2.24, 2.45) is 0 Å². The van der Waals surface area contributed by atoms with E-state index in [1.807, 2.05) is 38.1 Å². The molecule has 0 aromatic heterocycles. The standard InChI is InChI=1S/C32H41N3O5S/c1-7-24(4)33-32(37)25(5)34(21-26-12-11-13-29(20-26)40-6)31(36)22-35(28-18-16-27(17-19-28)23(2)3)41(38,39)30-14-9-8-10-15-30/h8-20,23-25H,7,21-22H2,1-6H3,(H,33,37)/t24-,25-/m0/s1. The van der Waals surface area contributed by atoms with Gasteiger partial charge >= 0.3 is 0 Å². The molecule has 0 radical (unpaired) electrons. The number of sulfonamides is 1. The molecule has 9 heteroatoms. The number of anilines is 1. The maximum atomic E-state index is 14.0. The molecule has 2 amide bonds. The first-order valence-corrected chi connectivity index (χ1v) is 15.3. The molecule has 0 unspecified atom stereocenters. The van der Waals surface area contributed by atoms with Crippen LogP contribution in [0.25, 0.3) is 0 Å². The first-order valence-electron chi connectivity index (χ1n) is 13.9. The zero-order valence-corrected chi connectivity index (χ0v) is 25.5. The van der Waals surface area contributed by atoms with Crippen LogP contribution in [0.5, 0.6) is 5.75 Å². The number of hydrogen-bond donors (Lipinski definition) is 1. The van der Waals surface area contributed by atoms with E-state index < -0.39 is 28.5 Å². The number of nitrogens with one attached hydrogen (secondary N) is 1. The molecule has 3 aromatic rings.